The third-order valence-corrected chi connectivity index (χ3v) is 5.02. The second kappa shape index (κ2) is 8.70. The molecule has 0 bridgehead atoms. The Hall–Kier alpha value is -4.27. The summed E-state index contributed by atoms with van der Waals surface area (Å²) in [4.78, 5) is 27.2. The van der Waals surface area contributed by atoms with Gasteiger partial charge in [-0.25, -0.2) is 18.1 Å². The van der Waals surface area contributed by atoms with Crippen LogP contribution in [0.3, 0.4) is 0 Å². The average molecular weight is 454 g/mol. The molecular formula is C24H17F3N2O4. The van der Waals surface area contributed by atoms with Crippen LogP contribution in [0.25, 0.3) is 5.57 Å². The highest BCUT2D eigenvalue weighted by molar-refractivity contribution is 6.46. The van der Waals surface area contributed by atoms with Crippen molar-refractivity contribution >= 4 is 28.8 Å². The number of hydrogen-bond donors (Lipinski definition) is 1. The highest BCUT2D eigenvalue weighted by atomic mass is 19.1. The van der Waals surface area contributed by atoms with Crippen LogP contribution in [-0.2, 0) is 9.59 Å². The third kappa shape index (κ3) is 4.00. The van der Waals surface area contributed by atoms with Gasteiger partial charge < -0.3 is 14.8 Å². The molecule has 1 aliphatic heterocycles. The van der Waals surface area contributed by atoms with Crippen molar-refractivity contribution in [1.29, 1.82) is 0 Å². The fourth-order valence-electron chi connectivity index (χ4n) is 3.47. The van der Waals surface area contributed by atoms with E-state index in [0.29, 0.717) is 28.2 Å². The molecule has 0 spiro atoms. The summed E-state index contributed by atoms with van der Waals surface area (Å²) < 4.78 is 51.8. The zero-order valence-electron chi connectivity index (χ0n) is 17.5. The monoisotopic (exact) mass is 454 g/mol. The highest BCUT2D eigenvalue weighted by Crippen LogP contribution is 2.36. The van der Waals surface area contributed by atoms with Gasteiger partial charge in [0.25, 0.3) is 11.8 Å². The maximum Gasteiger partial charge on any atom is 0.282 e. The molecule has 1 aliphatic rings. The Kier molecular flexibility index (Phi) is 5.78. The Morgan fingerprint density at radius 2 is 1.42 bits per heavy atom. The van der Waals surface area contributed by atoms with Crippen LogP contribution in [0.2, 0.25) is 0 Å². The van der Waals surface area contributed by atoms with Gasteiger partial charge in [0.2, 0.25) is 0 Å². The van der Waals surface area contributed by atoms with Gasteiger partial charge in [0.15, 0.2) is 11.5 Å². The Balaban J connectivity index is 1.83. The Labute approximate surface area is 186 Å². The van der Waals surface area contributed by atoms with Gasteiger partial charge in [-0.15, -0.1) is 0 Å². The maximum absolute atomic E-state index is 14.5. The van der Waals surface area contributed by atoms with E-state index >= 15 is 0 Å². The molecule has 0 saturated heterocycles. The molecule has 3 aromatic carbocycles. The molecule has 0 aromatic heterocycles. The normalized spacial score (nSPS) is 13.5. The summed E-state index contributed by atoms with van der Waals surface area (Å²) in [5.41, 5.74) is -0.0521. The minimum absolute atomic E-state index is 0.0986. The Morgan fingerprint density at radius 3 is 2.06 bits per heavy atom. The highest BCUT2D eigenvalue weighted by Gasteiger charge is 2.41. The van der Waals surface area contributed by atoms with Crippen molar-refractivity contribution < 1.29 is 32.2 Å². The molecule has 0 fully saturated rings. The number of methoxy groups -OCH3 is 2. The summed E-state index contributed by atoms with van der Waals surface area (Å²) in [6.07, 6.45) is 0. The van der Waals surface area contributed by atoms with Gasteiger partial charge in [0.05, 0.1) is 25.5 Å². The lowest BCUT2D eigenvalue weighted by Crippen LogP contribution is -2.33. The largest absolute Gasteiger partial charge is 0.493 e. The first-order valence-electron chi connectivity index (χ1n) is 9.67. The first-order valence-corrected chi connectivity index (χ1v) is 9.67. The molecule has 9 heteroatoms. The van der Waals surface area contributed by atoms with Crippen molar-refractivity contribution in [3.63, 3.8) is 0 Å². The van der Waals surface area contributed by atoms with Crippen molar-refractivity contribution in [2.75, 3.05) is 24.4 Å². The summed E-state index contributed by atoms with van der Waals surface area (Å²) in [7, 11) is 2.91. The predicted molar refractivity (Wildman–Crippen MR) is 115 cm³/mol. The lowest BCUT2D eigenvalue weighted by Gasteiger charge is -2.16. The second-order valence-electron chi connectivity index (χ2n) is 6.99. The molecular weight excluding hydrogens is 437 g/mol. The SMILES string of the molecule is COc1ccc(NC2=C(c3ccc(F)cc3)C(=O)N(c3ccc(F)cc3F)C2=O)cc1OC. The van der Waals surface area contributed by atoms with Gasteiger partial charge in [-0.3, -0.25) is 9.59 Å². The number of imide groups is 1. The number of nitrogens with one attached hydrogen (secondary N) is 1. The van der Waals surface area contributed by atoms with Gasteiger partial charge in [-0.05, 0) is 42.0 Å². The van der Waals surface area contributed by atoms with Gasteiger partial charge in [-0.1, -0.05) is 12.1 Å². The molecule has 1 heterocycles. The number of ether oxygens (including phenoxy) is 2. The van der Waals surface area contributed by atoms with Crippen molar-refractivity contribution in [1.82, 2.24) is 0 Å². The molecule has 168 valence electrons. The van der Waals surface area contributed by atoms with Crippen molar-refractivity contribution in [3.05, 3.63) is 89.4 Å². The summed E-state index contributed by atoms with van der Waals surface area (Å²) >= 11 is 0. The van der Waals surface area contributed by atoms with Crippen LogP contribution in [0.5, 0.6) is 11.5 Å². The van der Waals surface area contributed by atoms with Crippen molar-refractivity contribution in [3.8, 4) is 11.5 Å². The first-order chi connectivity index (χ1) is 15.8. The zero-order chi connectivity index (χ0) is 23.7. The van der Waals surface area contributed by atoms with Crippen LogP contribution in [0.4, 0.5) is 24.5 Å². The van der Waals surface area contributed by atoms with Crippen molar-refractivity contribution in [2.45, 2.75) is 0 Å². The fraction of sp³-hybridized carbons (Fsp3) is 0.0833. The van der Waals surface area contributed by atoms with Gasteiger partial charge in [0.1, 0.15) is 23.1 Å². The predicted octanol–water partition coefficient (Wildman–Crippen LogP) is 4.52. The smallest absolute Gasteiger partial charge is 0.282 e. The van der Waals surface area contributed by atoms with Crippen LogP contribution in [0, 0.1) is 17.5 Å². The van der Waals surface area contributed by atoms with Crippen LogP contribution in [0.1, 0.15) is 5.56 Å². The summed E-state index contributed by atoms with van der Waals surface area (Å²) in [5, 5.41) is 2.88. The number of carbonyl (C=O) groups is 2. The van der Waals surface area contributed by atoms with E-state index in [1.807, 2.05) is 0 Å². The number of amides is 2. The van der Waals surface area contributed by atoms with Crippen LogP contribution < -0.4 is 19.7 Å². The standard InChI is InChI=1S/C24H17F3N2O4/c1-32-19-10-8-16(12-20(19)33-2)28-22-21(13-3-5-14(25)6-4-13)23(30)29(24(22)31)18-9-7-15(26)11-17(18)27/h3-12,28H,1-2H3. The van der Waals surface area contributed by atoms with E-state index in [1.54, 1.807) is 18.2 Å². The van der Waals surface area contributed by atoms with Crippen LogP contribution in [-0.4, -0.2) is 26.0 Å². The first kappa shape index (κ1) is 21.9. The maximum atomic E-state index is 14.5. The van der Waals surface area contributed by atoms with Gasteiger partial charge >= 0.3 is 0 Å². The molecule has 33 heavy (non-hydrogen) atoms. The number of hydrogen-bond acceptors (Lipinski definition) is 5. The number of carbonyl (C=O) groups excluding carboxylic acids is 2. The molecule has 1 N–H and O–H groups in total. The molecule has 3 aromatic rings. The molecule has 0 aliphatic carbocycles. The average Bonchev–Trinajstić information content (AvgIpc) is 3.04. The van der Waals surface area contributed by atoms with Crippen LogP contribution >= 0.6 is 0 Å². The second-order valence-corrected chi connectivity index (χ2v) is 6.99. The molecule has 0 unspecified atom stereocenters. The number of halogens is 3. The molecule has 0 saturated carbocycles. The van der Waals surface area contributed by atoms with Crippen molar-refractivity contribution in [2.24, 2.45) is 0 Å². The van der Waals surface area contributed by atoms with E-state index in [9.17, 15) is 22.8 Å². The third-order valence-electron chi connectivity index (χ3n) is 5.02. The molecule has 6 nitrogen and oxygen atoms in total. The zero-order valence-corrected chi connectivity index (χ0v) is 17.5. The topological polar surface area (TPSA) is 67.9 Å². The lowest BCUT2D eigenvalue weighted by atomic mass is 10.0. The van der Waals surface area contributed by atoms with E-state index in [0.717, 1.165) is 24.3 Å². The van der Waals surface area contributed by atoms with E-state index in [2.05, 4.69) is 5.32 Å². The summed E-state index contributed by atoms with van der Waals surface area (Å²) in [6.45, 7) is 0. The van der Waals surface area contributed by atoms with E-state index < -0.39 is 35.0 Å². The van der Waals surface area contributed by atoms with Gasteiger partial charge in [0, 0.05) is 17.8 Å². The van der Waals surface area contributed by atoms with Crippen LogP contribution in [0.15, 0.2) is 66.4 Å². The lowest BCUT2D eigenvalue weighted by molar-refractivity contribution is -0.120. The Morgan fingerprint density at radius 1 is 0.758 bits per heavy atom. The molecule has 0 atom stereocenters. The summed E-state index contributed by atoms with van der Waals surface area (Å²) in [5.74, 6) is -3.37. The van der Waals surface area contributed by atoms with E-state index in [1.165, 1.54) is 26.4 Å². The number of rotatable bonds is 6. The molecule has 2 amide bonds. The minimum atomic E-state index is -1.08. The molecule has 0 radical (unpaired) electrons. The van der Waals surface area contributed by atoms with E-state index in [-0.39, 0.29) is 16.8 Å². The number of anilines is 2. The minimum Gasteiger partial charge on any atom is -0.493 e. The van der Waals surface area contributed by atoms with E-state index in [4.69, 9.17) is 9.47 Å². The molecule has 4 rings (SSSR count). The Bertz CT molecular complexity index is 1290. The quantitative estimate of drug-likeness (QED) is 0.555. The number of benzene rings is 3. The fourth-order valence-corrected chi connectivity index (χ4v) is 3.47. The summed E-state index contributed by atoms with van der Waals surface area (Å²) in [6, 6.07) is 12.2. The number of nitrogens with zero attached hydrogens (tertiary/aromatic N) is 1. The van der Waals surface area contributed by atoms with Gasteiger partial charge in [-0.2, -0.15) is 0 Å².